The van der Waals surface area contributed by atoms with Crippen LogP contribution in [0, 0.1) is 0 Å². The molecule has 2 aromatic carbocycles. The largest absolute Gasteiger partial charge is 0.497 e. The van der Waals surface area contributed by atoms with Crippen LogP contribution in [0.1, 0.15) is 0 Å². The summed E-state index contributed by atoms with van der Waals surface area (Å²) >= 11 is 1.73. The number of thioether (sulfide) groups is 1. The van der Waals surface area contributed by atoms with Crippen LogP contribution < -0.4 is 4.74 Å². The third-order valence-electron chi connectivity index (χ3n) is 4.13. The number of fused-ring (bicyclic) bond motifs is 1. The molecule has 4 aromatic rings. The first-order chi connectivity index (χ1) is 12.3. The minimum absolute atomic E-state index is 0.692. The number of nitrogens with zero attached hydrogens (tertiary/aromatic N) is 3. The number of hydrogen-bond acceptors (Lipinski definition) is 4. The molecule has 0 saturated heterocycles. The molecule has 124 valence electrons. The Kier molecular flexibility index (Phi) is 4.15. The third-order valence-corrected chi connectivity index (χ3v) is 4.87. The SMILES string of the molecule is COc1ccc(-c2nc3ncccn3c2-c2ccc(SC)cc2)cc1. The predicted octanol–water partition coefficient (Wildman–Crippen LogP) is 4.79. The first-order valence-electron chi connectivity index (χ1n) is 7.92. The molecule has 2 aromatic heterocycles. The van der Waals surface area contributed by atoms with Crippen LogP contribution >= 0.6 is 11.8 Å². The Morgan fingerprint density at radius 2 is 1.68 bits per heavy atom. The first kappa shape index (κ1) is 15.7. The number of benzene rings is 2. The molecule has 0 aliphatic carbocycles. The van der Waals surface area contributed by atoms with E-state index in [1.54, 1.807) is 25.1 Å². The molecule has 25 heavy (non-hydrogen) atoms. The molecule has 0 spiro atoms. The van der Waals surface area contributed by atoms with Crippen LogP contribution in [0.25, 0.3) is 28.3 Å². The smallest absolute Gasteiger partial charge is 0.234 e. The van der Waals surface area contributed by atoms with Crippen LogP contribution in [0.4, 0.5) is 0 Å². The summed E-state index contributed by atoms with van der Waals surface area (Å²) < 4.78 is 7.30. The van der Waals surface area contributed by atoms with Crippen molar-refractivity contribution in [3.8, 4) is 28.3 Å². The summed E-state index contributed by atoms with van der Waals surface area (Å²) in [6.45, 7) is 0. The van der Waals surface area contributed by atoms with Gasteiger partial charge >= 0.3 is 0 Å². The van der Waals surface area contributed by atoms with Crippen LogP contribution in [-0.4, -0.2) is 27.7 Å². The maximum absolute atomic E-state index is 5.26. The predicted molar refractivity (Wildman–Crippen MR) is 102 cm³/mol. The standard InChI is InChI=1S/C20H17N3OS/c1-24-16-8-4-14(5-9-16)18-19(15-6-10-17(25-2)11-7-15)23-13-3-12-21-20(23)22-18/h3-13H,1-2H3. The monoisotopic (exact) mass is 347 g/mol. The van der Waals surface area contributed by atoms with E-state index in [0.29, 0.717) is 5.78 Å². The molecular formula is C20H17N3OS. The van der Waals surface area contributed by atoms with E-state index in [9.17, 15) is 0 Å². The van der Waals surface area contributed by atoms with Crippen LogP contribution in [-0.2, 0) is 0 Å². The zero-order chi connectivity index (χ0) is 17.2. The summed E-state index contributed by atoms with van der Waals surface area (Å²) in [6.07, 6.45) is 5.84. The van der Waals surface area contributed by atoms with Crippen molar-refractivity contribution < 1.29 is 4.74 Å². The average Bonchev–Trinajstić information content (AvgIpc) is 3.07. The Morgan fingerprint density at radius 3 is 2.36 bits per heavy atom. The molecule has 0 N–H and O–H groups in total. The number of hydrogen-bond donors (Lipinski definition) is 0. The minimum Gasteiger partial charge on any atom is -0.497 e. The number of imidazole rings is 1. The van der Waals surface area contributed by atoms with Gasteiger partial charge in [0.25, 0.3) is 0 Å². The normalized spacial score (nSPS) is 11.0. The highest BCUT2D eigenvalue weighted by Gasteiger charge is 2.16. The van der Waals surface area contributed by atoms with Gasteiger partial charge in [-0.1, -0.05) is 12.1 Å². The fraction of sp³-hybridized carbons (Fsp3) is 0.100. The molecular weight excluding hydrogens is 330 g/mol. The third kappa shape index (κ3) is 2.87. The van der Waals surface area contributed by atoms with Gasteiger partial charge in [0.2, 0.25) is 5.78 Å². The Bertz CT molecular complexity index is 1010. The molecule has 0 unspecified atom stereocenters. The fourth-order valence-corrected chi connectivity index (χ4v) is 3.27. The molecule has 2 heterocycles. The second kappa shape index (κ2) is 6.61. The van der Waals surface area contributed by atoms with E-state index < -0.39 is 0 Å². The van der Waals surface area contributed by atoms with E-state index >= 15 is 0 Å². The fourth-order valence-electron chi connectivity index (χ4n) is 2.86. The van der Waals surface area contributed by atoms with Gasteiger partial charge < -0.3 is 4.74 Å². The van der Waals surface area contributed by atoms with Crippen molar-refractivity contribution in [3.63, 3.8) is 0 Å². The summed E-state index contributed by atoms with van der Waals surface area (Å²) in [5, 5.41) is 0. The van der Waals surface area contributed by atoms with Gasteiger partial charge in [-0.15, -0.1) is 11.8 Å². The first-order valence-corrected chi connectivity index (χ1v) is 9.14. The Hall–Kier alpha value is -2.79. The van der Waals surface area contributed by atoms with Gasteiger partial charge in [0.15, 0.2) is 0 Å². The van der Waals surface area contributed by atoms with Gasteiger partial charge in [-0.2, -0.15) is 0 Å². The summed E-state index contributed by atoms with van der Waals surface area (Å²) in [4.78, 5) is 10.4. The van der Waals surface area contributed by atoms with Crippen molar-refractivity contribution in [3.05, 3.63) is 67.0 Å². The highest BCUT2D eigenvalue weighted by molar-refractivity contribution is 7.98. The molecule has 0 aliphatic rings. The van der Waals surface area contributed by atoms with Gasteiger partial charge in [0, 0.05) is 28.4 Å². The highest BCUT2D eigenvalue weighted by atomic mass is 32.2. The lowest BCUT2D eigenvalue weighted by atomic mass is 10.0. The maximum atomic E-state index is 5.26. The number of aromatic nitrogens is 3. The topological polar surface area (TPSA) is 39.4 Å². The maximum Gasteiger partial charge on any atom is 0.234 e. The lowest BCUT2D eigenvalue weighted by Crippen LogP contribution is -1.90. The molecule has 0 atom stereocenters. The van der Waals surface area contributed by atoms with Crippen LogP contribution in [0.2, 0.25) is 0 Å². The second-order valence-corrected chi connectivity index (χ2v) is 6.44. The summed E-state index contributed by atoms with van der Waals surface area (Å²) in [6, 6.07) is 18.4. The lowest BCUT2D eigenvalue weighted by molar-refractivity contribution is 0.415. The molecule has 0 radical (unpaired) electrons. The van der Waals surface area contributed by atoms with Crippen molar-refractivity contribution >= 4 is 17.5 Å². The van der Waals surface area contributed by atoms with Gasteiger partial charge in [0.05, 0.1) is 18.5 Å². The van der Waals surface area contributed by atoms with Crippen LogP contribution in [0.3, 0.4) is 0 Å². The van der Waals surface area contributed by atoms with Crippen molar-refractivity contribution in [1.82, 2.24) is 14.4 Å². The second-order valence-electron chi connectivity index (χ2n) is 5.56. The molecule has 0 bridgehead atoms. The molecule has 0 amide bonds. The van der Waals surface area contributed by atoms with Gasteiger partial charge in [-0.25, -0.2) is 9.97 Å². The average molecular weight is 347 g/mol. The quantitative estimate of drug-likeness (QED) is 0.497. The van der Waals surface area contributed by atoms with E-state index in [1.807, 2.05) is 40.9 Å². The Labute approximate surface area is 150 Å². The zero-order valence-electron chi connectivity index (χ0n) is 14.0. The summed E-state index contributed by atoms with van der Waals surface area (Å²) in [5.41, 5.74) is 4.11. The van der Waals surface area contributed by atoms with Gasteiger partial charge in [-0.3, -0.25) is 4.40 Å². The summed E-state index contributed by atoms with van der Waals surface area (Å²) in [7, 11) is 1.67. The van der Waals surface area contributed by atoms with Crippen molar-refractivity contribution in [2.24, 2.45) is 0 Å². The van der Waals surface area contributed by atoms with Crippen LogP contribution in [0.15, 0.2) is 71.9 Å². The molecule has 0 aliphatic heterocycles. The molecule has 4 nitrogen and oxygen atoms in total. The summed E-state index contributed by atoms with van der Waals surface area (Å²) in [5.74, 6) is 1.52. The zero-order valence-corrected chi connectivity index (χ0v) is 14.8. The lowest BCUT2D eigenvalue weighted by Gasteiger charge is -2.07. The van der Waals surface area contributed by atoms with E-state index in [2.05, 4.69) is 35.5 Å². The number of ether oxygens (including phenoxy) is 1. The number of methoxy groups -OCH3 is 1. The van der Waals surface area contributed by atoms with E-state index in [0.717, 1.165) is 28.3 Å². The van der Waals surface area contributed by atoms with E-state index in [1.165, 1.54) is 4.90 Å². The van der Waals surface area contributed by atoms with Crippen molar-refractivity contribution in [2.75, 3.05) is 13.4 Å². The Morgan fingerprint density at radius 1 is 0.960 bits per heavy atom. The Balaban J connectivity index is 1.93. The molecule has 4 rings (SSSR count). The van der Waals surface area contributed by atoms with Crippen LogP contribution in [0.5, 0.6) is 5.75 Å². The van der Waals surface area contributed by atoms with Gasteiger partial charge in [0.1, 0.15) is 5.75 Å². The van der Waals surface area contributed by atoms with E-state index in [4.69, 9.17) is 9.72 Å². The van der Waals surface area contributed by atoms with E-state index in [-0.39, 0.29) is 0 Å². The number of rotatable bonds is 4. The molecule has 5 heteroatoms. The highest BCUT2D eigenvalue weighted by Crippen LogP contribution is 2.33. The van der Waals surface area contributed by atoms with Crippen molar-refractivity contribution in [1.29, 1.82) is 0 Å². The molecule has 0 saturated carbocycles. The van der Waals surface area contributed by atoms with Crippen molar-refractivity contribution in [2.45, 2.75) is 4.90 Å². The minimum atomic E-state index is 0.692. The van der Waals surface area contributed by atoms with Gasteiger partial charge in [-0.05, 0) is 48.7 Å². The molecule has 0 fully saturated rings.